The fourth-order valence-electron chi connectivity index (χ4n) is 1.50. The van der Waals surface area contributed by atoms with Gasteiger partial charge in [-0.1, -0.05) is 36.2 Å². The van der Waals surface area contributed by atoms with Gasteiger partial charge in [0.15, 0.2) is 0 Å². The molecule has 6 heteroatoms. The van der Waals surface area contributed by atoms with Crippen LogP contribution in [0.15, 0.2) is 22.6 Å². The van der Waals surface area contributed by atoms with E-state index in [0.29, 0.717) is 33.9 Å². The summed E-state index contributed by atoms with van der Waals surface area (Å²) in [6.45, 7) is 3.54. The smallest absolute Gasteiger partial charge is 0.250 e. The van der Waals surface area contributed by atoms with E-state index in [9.17, 15) is 0 Å². The summed E-state index contributed by atoms with van der Waals surface area (Å²) in [5.74, 6) is 0.869. The predicted octanol–water partition coefficient (Wildman–Crippen LogP) is 3.54. The van der Waals surface area contributed by atoms with E-state index < -0.39 is 0 Å². The number of rotatable bonds is 5. The zero-order valence-electron chi connectivity index (χ0n) is 9.91. The molecule has 1 N–H and O–H groups in total. The van der Waals surface area contributed by atoms with Gasteiger partial charge < -0.3 is 9.73 Å². The van der Waals surface area contributed by atoms with Crippen LogP contribution in [0.4, 0.5) is 0 Å². The zero-order chi connectivity index (χ0) is 13.0. The minimum absolute atomic E-state index is 0.346. The van der Waals surface area contributed by atoms with E-state index in [1.807, 2.05) is 0 Å². The summed E-state index contributed by atoms with van der Waals surface area (Å²) in [7, 11) is 0. The molecule has 0 atom stereocenters. The van der Waals surface area contributed by atoms with Gasteiger partial charge in [-0.3, -0.25) is 0 Å². The first-order chi connectivity index (χ1) is 8.72. The Balaban J connectivity index is 2.19. The summed E-state index contributed by atoms with van der Waals surface area (Å²) in [5, 5.41) is 12.1. The van der Waals surface area contributed by atoms with Gasteiger partial charge in [-0.15, -0.1) is 10.2 Å². The van der Waals surface area contributed by atoms with Gasteiger partial charge in [0, 0.05) is 0 Å². The molecule has 0 bridgehead atoms. The van der Waals surface area contributed by atoms with Gasteiger partial charge in [0.2, 0.25) is 5.89 Å². The molecule has 0 aliphatic rings. The number of nitrogens with zero attached hydrogens (tertiary/aromatic N) is 2. The van der Waals surface area contributed by atoms with Crippen molar-refractivity contribution in [2.24, 2.45) is 0 Å². The second-order valence-corrected chi connectivity index (χ2v) is 4.59. The molecular formula is C12H13Cl2N3O. The summed E-state index contributed by atoms with van der Waals surface area (Å²) in [5.41, 5.74) is 0.579. The van der Waals surface area contributed by atoms with Gasteiger partial charge in [-0.2, -0.15) is 0 Å². The van der Waals surface area contributed by atoms with Crippen LogP contribution in [-0.4, -0.2) is 16.7 Å². The molecule has 2 rings (SSSR count). The normalized spacial score (nSPS) is 10.8. The maximum Gasteiger partial charge on any atom is 0.250 e. The van der Waals surface area contributed by atoms with Crippen molar-refractivity contribution in [2.75, 3.05) is 6.54 Å². The van der Waals surface area contributed by atoms with E-state index >= 15 is 0 Å². The minimum Gasteiger partial charge on any atom is -0.419 e. The lowest BCUT2D eigenvalue weighted by Crippen LogP contribution is -2.13. The van der Waals surface area contributed by atoms with E-state index in [1.54, 1.807) is 18.2 Å². The number of nitrogens with one attached hydrogen (secondary N) is 1. The molecule has 0 spiro atoms. The third kappa shape index (κ3) is 3.02. The first kappa shape index (κ1) is 13.3. The minimum atomic E-state index is 0.346. The largest absolute Gasteiger partial charge is 0.419 e. The molecule has 1 heterocycles. The van der Waals surface area contributed by atoms with Crippen molar-refractivity contribution in [1.29, 1.82) is 0 Å². The number of halogens is 2. The number of hydrogen-bond acceptors (Lipinski definition) is 4. The third-order valence-electron chi connectivity index (χ3n) is 2.35. The summed E-state index contributed by atoms with van der Waals surface area (Å²) in [6, 6.07) is 5.25. The quantitative estimate of drug-likeness (QED) is 0.854. The van der Waals surface area contributed by atoms with E-state index in [4.69, 9.17) is 27.6 Å². The molecule has 18 heavy (non-hydrogen) atoms. The molecule has 1 aromatic heterocycles. The third-order valence-corrected chi connectivity index (χ3v) is 2.98. The summed E-state index contributed by atoms with van der Waals surface area (Å²) in [6.07, 6.45) is 1.05. The highest BCUT2D eigenvalue weighted by Gasteiger charge is 2.15. The first-order valence-corrected chi connectivity index (χ1v) is 6.45. The molecular weight excluding hydrogens is 273 g/mol. The Labute approximate surface area is 115 Å². The SMILES string of the molecule is CCCNCc1nnc(-c2c(Cl)cccc2Cl)o1. The maximum atomic E-state index is 6.07. The highest BCUT2D eigenvalue weighted by Crippen LogP contribution is 2.33. The molecule has 0 fully saturated rings. The lowest BCUT2D eigenvalue weighted by atomic mass is 10.2. The van der Waals surface area contributed by atoms with Crippen molar-refractivity contribution in [1.82, 2.24) is 15.5 Å². The van der Waals surface area contributed by atoms with Crippen molar-refractivity contribution in [3.8, 4) is 11.5 Å². The molecule has 96 valence electrons. The topological polar surface area (TPSA) is 51.0 Å². The number of hydrogen-bond donors (Lipinski definition) is 1. The lowest BCUT2D eigenvalue weighted by molar-refractivity contribution is 0.477. The highest BCUT2D eigenvalue weighted by molar-refractivity contribution is 6.38. The molecule has 2 aromatic rings. The van der Waals surface area contributed by atoms with Crippen LogP contribution in [0, 0.1) is 0 Å². The van der Waals surface area contributed by atoms with E-state index in [-0.39, 0.29) is 0 Å². The Bertz CT molecular complexity index is 508. The molecule has 1 aromatic carbocycles. The van der Waals surface area contributed by atoms with Crippen LogP contribution in [0.25, 0.3) is 11.5 Å². The van der Waals surface area contributed by atoms with Crippen LogP contribution in [0.2, 0.25) is 10.0 Å². The monoisotopic (exact) mass is 285 g/mol. The molecule has 0 amide bonds. The van der Waals surface area contributed by atoms with Crippen molar-refractivity contribution < 1.29 is 4.42 Å². The zero-order valence-corrected chi connectivity index (χ0v) is 11.4. The average molecular weight is 286 g/mol. The van der Waals surface area contributed by atoms with Crippen LogP contribution >= 0.6 is 23.2 Å². The second-order valence-electron chi connectivity index (χ2n) is 3.77. The second kappa shape index (κ2) is 6.18. The maximum absolute atomic E-state index is 6.07. The number of benzene rings is 1. The Morgan fingerprint density at radius 1 is 1.22 bits per heavy atom. The van der Waals surface area contributed by atoms with Gasteiger partial charge in [-0.25, -0.2) is 0 Å². The molecule has 0 unspecified atom stereocenters. The molecule has 0 saturated carbocycles. The molecule has 0 saturated heterocycles. The van der Waals surface area contributed by atoms with Gasteiger partial charge in [0.05, 0.1) is 22.2 Å². The Hall–Kier alpha value is -1.10. The Kier molecular flexibility index (Phi) is 4.58. The number of aromatic nitrogens is 2. The summed E-state index contributed by atoms with van der Waals surface area (Å²) >= 11 is 12.1. The van der Waals surface area contributed by atoms with Crippen LogP contribution in [-0.2, 0) is 6.54 Å². The van der Waals surface area contributed by atoms with Crippen molar-refractivity contribution in [2.45, 2.75) is 19.9 Å². The molecule has 4 nitrogen and oxygen atoms in total. The van der Waals surface area contributed by atoms with Crippen LogP contribution in [0.1, 0.15) is 19.2 Å². The van der Waals surface area contributed by atoms with Gasteiger partial charge in [0.1, 0.15) is 0 Å². The molecule has 0 aliphatic carbocycles. The fourth-order valence-corrected chi connectivity index (χ4v) is 2.06. The van der Waals surface area contributed by atoms with Crippen LogP contribution in [0.5, 0.6) is 0 Å². The molecule has 0 radical (unpaired) electrons. The highest BCUT2D eigenvalue weighted by atomic mass is 35.5. The van der Waals surface area contributed by atoms with Crippen LogP contribution in [0.3, 0.4) is 0 Å². The van der Waals surface area contributed by atoms with E-state index in [0.717, 1.165) is 13.0 Å². The lowest BCUT2D eigenvalue weighted by Gasteiger charge is -2.01. The van der Waals surface area contributed by atoms with E-state index in [2.05, 4.69) is 22.4 Å². The average Bonchev–Trinajstić information content (AvgIpc) is 2.78. The Morgan fingerprint density at radius 2 is 1.94 bits per heavy atom. The van der Waals surface area contributed by atoms with Crippen LogP contribution < -0.4 is 5.32 Å². The van der Waals surface area contributed by atoms with Gasteiger partial charge in [0.25, 0.3) is 5.89 Å². The standard InChI is InChI=1S/C12H13Cl2N3O/c1-2-6-15-7-10-16-17-12(18-10)11-8(13)4-3-5-9(11)14/h3-5,15H,2,6-7H2,1H3. The van der Waals surface area contributed by atoms with Crippen molar-refractivity contribution >= 4 is 23.2 Å². The first-order valence-electron chi connectivity index (χ1n) is 5.70. The van der Waals surface area contributed by atoms with Crippen molar-refractivity contribution in [3.63, 3.8) is 0 Å². The van der Waals surface area contributed by atoms with Crippen molar-refractivity contribution in [3.05, 3.63) is 34.1 Å². The Morgan fingerprint density at radius 3 is 2.61 bits per heavy atom. The summed E-state index contributed by atoms with van der Waals surface area (Å²) < 4.78 is 5.52. The molecule has 0 aliphatic heterocycles. The van der Waals surface area contributed by atoms with E-state index in [1.165, 1.54) is 0 Å². The van der Waals surface area contributed by atoms with Gasteiger partial charge >= 0.3 is 0 Å². The predicted molar refractivity (Wildman–Crippen MR) is 71.8 cm³/mol. The fraction of sp³-hybridized carbons (Fsp3) is 0.333. The van der Waals surface area contributed by atoms with Gasteiger partial charge in [-0.05, 0) is 25.1 Å². The summed E-state index contributed by atoms with van der Waals surface area (Å²) in [4.78, 5) is 0.